The van der Waals surface area contributed by atoms with E-state index in [1.54, 1.807) is 6.20 Å². The fraction of sp³-hybridized carbons (Fsp3) is 0.667. The molecule has 3 aliphatic carbocycles. The third-order valence-electron chi connectivity index (χ3n) is 7.74. The van der Waals surface area contributed by atoms with Crippen molar-refractivity contribution in [3.8, 4) is 0 Å². The number of rotatable bonds is 8. The highest BCUT2D eigenvalue weighted by atomic mass is 32.2. The molecule has 3 fully saturated rings. The predicted octanol–water partition coefficient (Wildman–Crippen LogP) is 3.20. The summed E-state index contributed by atoms with van der Waals surface area (Å²) in [7, 11) is -3.01. The quantitative estimate of drug-likeness (QED) is 0.358. The Morgan fingerprint density at radius 2 is 1.67 bits per heavy atom. The second-order valence-corrected chi connectivity index (χ2v) is 12.8. The summed E-state index contributed by atoms with van der Waals surface area (Å²) in [5, 5.41) is 19.9. The number of H-pyrrole nitrogens is 1. The summed E-state index contributed by atoms with van der Waals surface area (Å²) in [5.41, 5.74) is 1.19. The zero-order chi connectivity index (χ0) is 25.1. The van der Waals surface area contributed by atoms with Crippen LogP contribution >= 0.6 is 0 Å². The summed E-state index contributed by atoms with van der Waals surface area (Å²) >= 11 is 0. The first-order chi connectivity index (χ1) is 17.3. The molecule has 2 aromatic heterocycles. The summed E-state index contributed by atoms with van der Waals surface area (Å²) in [6.07, 6.45) is 12.5. The van der Waals surface area contributed by atoms with Crippen molar-refractivity contribution in [2.75, 3.05) is 16.9 Å². The van der Waals surface area contributed by atoms with E-state index >= 15 is 0 Å². The van der Waals surface area contributed by atoms with Crippen LogP contribution in [0.1, 0.15) is 75.8 Å². The van der Waals surface area contributed by atoms with Crippen LogP contribution in [-0.4, -0.2) is 64.2 Å². The molecule has 12 heteroatoms. The van der Waals surface area contributed by atoms with Gasteiger partial charge in [-0.2, -0.15) is 10.1 Å². The van der Waals surface area contributed by atoms with Crippen molar-refractivity contribution in [2.45, 2.75) is 93.5 Å². The van der Waals surface area contributed by atoms with Crippen LogP contribution in [-0.2, 0) is 9.84 Å². The molecule has 3 saturated carbocycles. The number of carbonyl (C=O) groups is 1. The molecule has 0 aliphatic heterocycles. The molecule has 0 spiro atoms. The molecule has 0 aromatic carbocycles. The summed E-state index contributed by atoms with van der Waals surface area (Å²) in [6.45, 7) is 0. The van der Waals surface area contributed by atoms with Crippen LogP contribution < -0.4 is 21.3 Å². The molecule has 2 amide bonds. The Hall–Kier alpha value is -2.89. The van der Waals surface area contributed by atoms with Crippen molar-refractivity contribution in [3.63, 3.8) is 0 Å². The highest BCUT2D eigenvalue weighted by molar-refractivity contribution is 7.91. The Bertz CT molecular complexity index is 1150. The lowest BCUT2D eigenvalue weighted by Crippen LogP contribution is -2.54. The van der Waals surface area contributed by atoms with E-state index in [4.69, 9.17) is 0 Å². The number of anilines is 3. The molecule has 2 aromatic rings. The van der Waals surface area contributed by atoms with Gasteiger partial charge in [-0.3, -0.25) is 5.10 Å². The van der Waals surface area contributed by atoms with Gasteiger partial charge in [-0.25, -0.2) is 18.2 Å². The van der Waals surface area contributed by atoms with E-state index in [1.807, 2.05) is 6.07 Å². The van der Waals surface area contributed by atoms with Crippen molar-refractivity contribution < 1.29 is 13.2 Å². The number of urea groups is 1. The third kappa shape index (κ3) is 6.26. The van der Waals surface area contributed by atoms with E-state index in [2.05, 4.69) is 47.5 Å². The van der Waals surface area contributed by atoms with Gasteiger partial charge in [0, 0.05) is 48.3 Å². The molecule has 0 atom stereocenters. The fourth-order valence-corrected chi connectivity index (χ4v) is 6.65. The number of hydrogen-bond donors (Lipinski definition) is 5. The molecule has 5 rings (SSSR count). The van der Waals surface area contributed by atoms with Gasteiger partial charge in [-0.15, -0.1) is 0 Å². The number of nitrogens with zero attached hydrogens (tertiary/aromatic N) is 3. The van der Waals surface area contributed by atoms with Gasteiger partial charge in [0.15, 0.2) is 5.82 Å². The largest absolute Gasteiger partial charge is 0.351 e. The lowest BCUT2D eigenvalue weighted by molar-refractivity contribution is 0.220. The molecule has 2 heterocycles. The van der Waals surface area contributed by atoms with Crippen molar-refractivity contribution in [2.24, 2.45) is 0 Å². The first-order valence-electron chi connectivity index (χ1n) is 13.0. The maximum Gasteiger partial charge on any atom is 0.315 e. The number of hydrogen-bond acceptors (Lipinski definition) is 8. The van der Waals surface area contributed by atoms with E-state index < -0.39 is 9.84 Å². The Kier molecular flexibility index (Phi) is 7.31. The number of aromatic nitrogens is 4. The van der Waals surface area contributed by atoms with E-state index in [0.29, 0.717) is 30.5 Å². The number of carbonyl (C=O) groups excluding carboxylic acids is 1. The molecule has 3 aliphatic rings. The van der Waals surface area contributed by atoms with E-state index in [1.165, 1.54) is 37.6 Å². The lowest BCUT2D eigenvalue weighted by Gasteiger charge is -2.35. The average Bonchev–Trinajstić information content (AvgIpc) is 3.49. The fourth-order valence-electron chi connectivity index (χ4n) is 5.49. The minimum absolute atomic E-state index is 0.0588. The van der Waals surface area contributed by atoms with Gasteiger partial charge in [0.25, 0.3) is 0 Å². The van der Waals surface area contributed by atoms with Gasteiger partial charge < -0.3 is 21.3 Å². The molecule has 5 N–H and O–H groups in total. The standard InChI is InChI=1S/C24H36N8O3S/c1-36(34,35)19-12-18(13-19)28-24(33)27-17-8-6-16(7-9-17)26-23-25-11-10-21(30-23)29-22-14-20(31-32-22)15-4-2-3-5-15/h10-11,14-19H,2-9,12-13H2,1H3,(H2,27,28,33)(H3,25,26,29,30,31,32). The molecule has 0 bridgehead atoms. The Balaban J connectivity index is 1.04. The van der Waals surface area contributed by atoms with Crippen LogP contribution in [0.4, 0.5) is 22.4 Å². The van der Waals surface area contributed by atoms with Gasteiger partial charge in [0.05, 0.1) is 5.25 Å². The zero-order valence-corrected chi connectivity index (χ0v) is 21.5. The monoisotopic (exact) mass is 516 g/mol. The van der Waals surface area contributed by atoms with Crippen LogP contribution in [0.3, 0.4) is 0 Å². The van der Waals surface area contributed by atoms with Crippen molar-refractivity contribution in [1.29, 1.82) is 0 Å². The molecule has 36 heavy (non-hydrogen) atoms. The number of amides is 2. The summed E-state index contributed by atoms with van der Waals surface area (Å²) in [5.74, 6) is 2.61. The number of sulfone groups is 1. The minimum Gasteiger partial charge on any atom is -0.351 e. The van der Waals surface area contributed by atoms with Gasteiger partial charge in [0.1, 0.15) is 15.7 Å². The topological polar surface area (TPSA) is 154 Å². The van der Waals surface area contributed by atoms with Gasteiger partial charge in [0.2, 0.25) is 5.95 Å². The normalized spacial score (nSPS) is 26.7. The Labute approximate surface area is 211 Å². The molecular weight excluding hydrogens is 480 g/mol. The van der Waals surface area contributed by atoms with E-state index in [-0.39, 0.29) is 29.4 Å². The van der Waals surface area contributed by atoms with Gasteiger partial charge >= 0.3 is 6.03 Å². The van der Waals surface area contributed by atoms with Crippen LogP contribution in [0.2, 0.25) is 0 Å². The van der Waals surface area contributed by atoms with Crippen molar-refractivity contribution >= 4 is 33.5 Å². The lowest BCUT2D eigenvalue weighted by atomic mass is 9.91. The summed E-state index contributed by atoms with van der Waals surface area (Å²) in [4.78, 5) is 21.3. The molecule has 0 radical (unpaired) electrons. The third-order valence-corrected chi connectivity index (χ3v) is 9.33. The smallest absolute Gasteiger partial charge is 0.315 e. The average molecular weight is 517 g/mol. The molecule has 0 unspecified atom stereocenters. The van der Waals surface area contributed by atoms with Gasteiger partial charge in [-0.05, 0) is 57.4 Å². The number of aromatic amines is 1. The Morgan fingerprint density at radius 3 is 2.39 bits per heavy atom. The zero-order valence-electron chi connectivity index (χ0n) is 20.7. The number of nitrogens with one attached hydrogen (secondary N) is 5. The first-order valence-corrected chi connectivity index (χ1v) is 14.9. The summed E-state index contributed by atoms with van der Waals surface area (Å²) < 4.78 is 23.0. The molecular formula is C24H36N8O3S. The van der Waals surface area contributed by atoms with Crippen LogP contribution in [0.25, 0.3) is 0 Å². The first kappa shape index (κ1) is 24.8. The van der Waals surface area contributed by atoms with Gasteiger partial charge in [-0.1, -0.05) is 12.8 Å². The summed E-state index contributed by atoms with van der Waals surface area (Å²) in [6, 6.07) is 3.98. The van der Waals surface area contributed by atoms with Crippen molar-refractivity contribution in [1.82, 2.24) is 30.8 Å². The maximum atomic E-state index is 12.3. The highest BCUT2D eigenvalue weighted by Gasteiger charge is 2.37. The Morgan fingerprint density at radius 1 is 0.972 bits per heavy atom. The molecule has 196 valence electrons. The second-order valence-electron chi connectivity index (χ2n) is 10.5. The van der Waals surface area contributed by atoms with E-state index in [9.17, 15) is 13.2 Å². The molecule has 0 saturated heterocycles. The SMILES string of the molecule is CS(=O)(=O)C1CC(NC(=O)NC2CCC(Nc3nccc(Nc4cc(C5CCCC5)[nH]n4)n3)CC2)C1. The highest BCUT2D eigenvalue weighted by Crippen LogP contribution is 2.34. The van der Waals surface area contributed by atoms with Crippen LogP contribution in [0, 0.1) is 0 Å². The van der Waals surface area contributed by atoms with Crippen molar-refractivity contribution in [3.05, 3.63) is 24.0 Å². The van der Waals surface area contributed by atoms with Crippen LogP contribution in [0.5, 0.6) is 0 Å². The molecule has 11 nitrogen and oxygen atoms in total. The minimum atomic E-state index is -3.01. The predicted molar refractivity (Wildman–Crippen MR) is 138 cm³/mol. The van der Waals surface area contributed by atoms with E-state index in [0.717, 1.165) is 31.5 Å². The second kappa shape index (κ2) is 10.6. The van der Waals surface area contributed by atoms with Crippen LogP contribution in [0.15, 0.2) is 18.3 Å². The maximum absolute atomic E-state index is 12.3.